The highest BCUT2D eigenvalue weighted by atomic mass is 35.5. The molecule has 8 heteroatoms. The number of benzene rings is 1. The Morgan fingerprint density at radius 1 is 1.33 bits per heavy atom. The summed E-state index contributed by atoms with van der Waals surface area (Å²) in [6, 6.07) is 4.99. The number of halogens is 1. The molecule has 118 valence electrons. The molecule has 0 fully saturated rings. The van der Waals surface area contributed by atoms with Gasteiger partial charge in [0.25, 0.3) is 0 Å². The largest absolute Gasteiger partial charge is 0.329 e. The summed E-state index contributed by atoms with van der Waals surface area (Å²) in [6.07, 6.45) is 0. The SMILES string of the molecule is CC(C)(C)c1nc2ccc(S(=O)(=O)NCCN)cc2s1.Cl. The minimum absolute atomic E-state index is 0. The lowest BCUT2D eigenvalue weighted by molar-refractivity contribution is 0.582. The number of aromatic nitrogens is 1. The van der Waals surface area contributed by atoms with Crippen LogP contribution in [0.3, 0.4) is 0 Å². The van der Waals surface area contributed by atoms with Gasteiger partial charge in [-0.2, -0.15) is 0 Å². The van der Waals surface area contributed by atoms with Crippen LogP contribution in [0, 0.1) is 0 Å². The van der Waals surface area contributed by atoms with Crippen molar-refractivity contribution in [3.05, 3.63) is 23.2 Å². The lowest BCUT2D eigenvalue weighted by Crippen LogP contribution is -2.29. The molecule has 0 unspecified atom stereocenters. The van der Waals surface area contributed by atoms with E-state index in [1.165, 1.54) is 11.3 Å². The minimum atomic E-state index is -3.49. The van der Waals surface area contributed by atoms with Crippen LogP contribution in [0.4, 0.5) is 0 Å². The van der Waals surface area contributed by atoms with Crippen molar-refractivity contribution in [3.63, 3.8) is 0 Å². The minimum Gasteiger partial charge on any atom is -0.329 e. The van der Waals surface area contributed by atoms with Gasteiger partial charge in [0, 0.05) is 18.5 Å². The average molecular weight is 350 g/mol. The topological polar surface area (TPSA) is 85.1 Å². The van der Waals surface area contributed by atoms with Gasteiger partial charge in [-0.15, -0.1) is 23.7 Å². The summed E-state index contributed by atoms with van der Waals surface area (Å²) in [5, 5.41) is 0.997. The number of hydrogen-bond acceptors (Lipinski definition) is 5. The number of sulfonamides is 1. The van der Waals surface area contributed by atoms with Gasteiger partial charge in [-0.05, 0) is 18.2 Å². The van der Waals surface area contributed by atoms with Gasteiger partial charge in [0.1, 0.15) is 0 Å². The quantitative estimate of drug-likeness (QED) is 0.886. The normalized spacial score (nSPS) is 12.4. The first-order valence-electron chi connectivity index (χ1n) is 6.35. The van der Waals surface area contributed by atoms with E-state index in [4.69, 9.17) is 5.73 Å². The third-order valence-corrected chi connectivity index (χ3v) is 5.65. The molecular formula is C13H20ClN3O2S2. The number of nitrogens with zero attached hydrogens (tertiary/aromatic N) is 1. The third kappa shape index (κ3) is 4.14. The van der Waals surface area contributed by atoms with Gasteiger partial charge in [-0.1, -0.05) is 20.8 Å². The van der Waals surface area contributed by atoms with Crippen LogP contribution >= 0.6 is 23.7 Å². The van der Waals surface area contributed by atoms with E-state index in [1.807, 2.05) is 0 Å². The average Bonchev–Trinajstić information content (AvgIpc) is 2.79. The maximum absolute atomic E-state index is 12.1. The van der Waals surface area contributed by atoms with E-state index < -0.39 is 10.0 Å². The fourth-order valence-electron chi connectivity index (χ4n) is 1.67. The highest BCUT2D eigenvalue weighted by Gasteiger charge is 2.20. The molecule has 1 aromatic carbocycles. The van der Waals surface area contributed by atoms with Gasteiger partial charge in [0.2, 0.25) is 10.0 Å². The Labute approximate surface area is 135 Å². The molecule has 1 heterocycles. The van der Waals surface area contributed by atoms with Crippen molar-refractivity contribution < 1.29 is 8.42 Å². The Morgan fingerprint density at radius 3 is 2.57 bits per heavy atom. The van der Waals surface area contributed by atoms with Crippen molar-refractivity contribution in [3.8, 4) is 0 Å². The molecule has 0 saturated carbocycles. The molecule has 0 atom stereocenters. The van der Waals surface area contributed by atoms with Gasteiger partial charge in [0.05, 0.1) is 20.1 Å². The van der Waals surface area contributed by atoms with E-state index in [-0.39, 0.29) is 35.8 Å². The molecule has 0 bridgehead atoms. The van der Waals surface area contributed by atoms with Crippen LogP contribution < -0.4 is 10.5 Å². The van der Waals surface area contributed by atoms with E-state index in [9.17, 15) is 8.42 Å². The lowest BCUT2D eigenvalue weighted by Gasteiger charge is -2.13. The molecule has 0 aliphatic carbocycles. The van der Waals surface area contributed by atoms with Crippen molar-refractivity contribution in [2.24, 2.45) is 5.73 Å². The van der Waals surface area contributed by atoms with Crippen LogP contribution in [0.5, 0.6) is 0 Å². The van der Waals surface area contributed by atoms with Crippen molar-refractivity contribution >= 4 is 44.0 Å². The summed E-state index contributed by atoms with van der Waals surface area (Å²) >= 11 is 1.53. The summed E-state index contributed by atoms with van der Waals surface area (Å²) in [6.45, 7) is 6.77. The fourth-order valence-corrected chi connectivity index (χ4v) is 3.88. The number of hydrogen-bond donors (Lipinski definition) is 2. The second-order valence-electron chi connectivity index (χ2n) is 5.58. The van der Waals surface area contributed by atoms with Crippen LogP contribution in [0.15, 0.2) is 23.1 Å². The molecule has 0 saturated heterocycles. The van der Waals surface area contributed by atoms with Gasteiger partial charge in [-0.25, -0.2) is 18.1 Å². The Balaban J connectivity index is 0.00000220. The molecule has 0 aliphatic heterocycles. The summed E-state index contributed by atoms with van der Waals surface area (Å²) in [7, 11) is -3.49. The lowest BCUT2D eigenvalue weighted by atomic mass is 9.98. The summed E-state index contributed by atoms with van der Waals surface area (Å²) in [4.78, 5) is 4.80. The molecule has 0 aliphatic rings. The van der Waals surface area contributed by atoms with Crippen molar-refractivity contribution in [2.75, 3.05) is 13.1 Å². The maximum atomic E-state index is 12.1. The van der Waals surface area contributed by atoms with Crippen molar-refractivity contribution in [2.45, 2.75) is 31.1 Å². The second kappa shape index (κ2) is 6.58. The van der Waals surface area contributed by atoms with Gasteiger partial charge >= 0.3 is 0 Å². The number of rotatable bonds is 4. The molecule has 1 aromatic heterocycles. The Morgan fingerprint density at radius 2 is 2.00 bits per heavy atom. The second-order valence-corrected chi connectivity index (χ2v) is 8.38. The van der Waals surface area contributed by atoms with Crippen molar-refractivity contribution in [1.82, 2.24) is 9.71 Å². The van der Waals surface area contributed by atoms with Crippen LogP contribution in [-0.2, 0) is 15.4 Å². The number of fused-ring (bicyclic) bond motifs is 1. The molecule has 3 N–H and O–H groups in total. The van der Waals surface area contributed by atoms with E-state index in [0.717, 1.165) is 15.2 Å². The Kier molecular flexibility index (Phi) is 5.74. The molecule has 0 radical (unpaired) electrons. The molecule has 5 nitrogen and oxygen atoms in total. The van der Waals surface area contributed by atoms with Gasteiger partial charge in [-0.3, -0.25) is 0 Å². The fraction of sp³-hybridized carbons (Fsp3) is 0.462. The van der Waals surface area contributed by atoms with E-state index in [1.54, 1.807) is 18.2 Å². The zero-order valence-corrected chi connectivity index (χ0v) is 14.7. The smallest absolute Gasteiger partial charge is 0.240 e. The van der Waals surface area contributed by atoms with Gasteiger partial charge < -0.3 is 5.73 Å². The third-order valence-electron chi connectivity index (χ3n) is 2.75. The number of nitrogens with two attached hydrogens (primary N) is 1. The molecule has 2 aromatic rings. The number of thiazole rings is 1. The first-order valence-corrected chi connectivity index (χ1v) is 8.65. The molecule has 2 rings (SSSR count). The molecule has 0 amide bonds. The monoisotopic (exact) mass is 349 g/mol. The standard InChI is InChI=1S/C13H19N3O2S2.ClH/c1-13(2,3)12-16-10-5-4-9(8-11(10)19-12)20(17,18)15-7-6-14;/h4-5,8,15H,6-7,14H2,1-3H3;1H. The molecule has 0 spiro atoms. The van der Waals surface area contributed by atoms with Crippen LogP contribution in [0.25, 0.3) is 10.2 Å². The highest BCUT2D eigenvalue weighted by molar-refractivity contribution is 7.89. The highest BCUT2D eigenvalue weighted by Crippen LogP contribution is 2.32. The van der Waals surface area contributed by atoms with E-state index >= 15 is 0 Å². The van der Waals surface area contributed by atoms with Crippen molar-refractivity contribution in [1.29, 1.82) is 0 Å². The summed E-state index contributed by atoms with van der Waals surface area (Å²) in [5.41, 5.74) is 6.11. The first kappa shape index (κ1) is 18.3. The summed E-state index contributed by atoms with van der Waals surface area (Å²) in [5.74, 6) is 0. The van der Waals surface area contributed by atoms with Crippen LogP contribution in [-0.4, -0.2) is 26.5 Å². The van der Waals surface area contributed by atoms with Gasteiger partial charge in [0.15, 0.2) is 0 Å². The first-order chi connectivity index (χ1) is 9.24. The van der Waals surface area contributed by atoms with Crippen LogP contribution in [0.2, 0.25) is 0 Å². The van der Waals surface area contributed by atoms with E-state index in [0.29, 0.717) is 0 Å². The number of nitrogens with one attached hydrogen (secondary N) is 1. The Bertz CT molecular complexity index is 721. The predicted molar refractivity (Wildman–Crippen MR) is 89.8 cm³/mol. The predicted octanol–water partition coefficient (Wildman–Crippen LogP) is 2.25. The zero-order chi connectivity index (χ0) is 15.0. The summed E-state index contributed by atoms with van der Waals surface area (Å²) < 4.78 is 27.5. The van der Waals surface area contributed by atoms with E-state index in [2.05, 4.69) is 30.5 Å². The molecule has 21 heavy (non-hydrogen) atoms. The maximum Gasteiger partial charge on any atom is 0.240 e. The van der Waals surface area contributed by atoms with Crippen LogP contribution in [0.1, 0.15) is 25.8 Å². The molecular weight excluding hydrogens is 330 g/mol. The Hall–Kier alpha value is -0.730. The zero-order valence-electron chi connectivity index (χ0n) is 12.2.